The maximum Gasteiger partial charge on any atom is 0.159 e. The van der Waals surface area contributed by atoms with Gasteiger partial charge in [-0.2, -0.15) is 5.10 Å². The topological polar surface area (TPSA) is 29.9 Å². The van der Waals surface area contributed by atoms with Crippen LogP contribution in [0.25, 0.3) is 0 Å². The Morgan fingerprint density at radius 3 is 2.48 bits per heavy atom. The zero-order chi connectivity index (χ0) is 15.6. The molecular weight excluding hydrogens is 272 g/mol. The van der Waals surface area contributed by atoms with Crippen molar-refractivity contribution in [3.63, 3.8) is 0 Å². The van der Waals surface area contributed by atoms with Crippen molar-refractivity contribution >= 4 is 0 Å². The van der Waals surface area contributed by atoms with E-state index in [9.17, 15) is 8.78 Å². The Morgan fingerprint density at radius 1 is 1.24 bits per heavy atom. The van der Waals surface area contributed by atoms with Crippen LogP contribution in [0.5, 0.6) is 0 Å². The van der Waals surface area contributed by atoms with Crippen molar-refractivity contribution in [1.82, 2.24) is 15.1 Å². The largest absolute Gasteiger partial charge is 0.313 e. The first-order valence-electron chi connectivity index (χ1n) is 7.05. The lowest BCUT2D eigenvalue weighted by atomic mass is 9.98. The van der Waals surface area contributed by atoms with E-state index in [1.807, 2.05) is 32.6 Å². The van der Waals surface area contributed by atoms with E-state index in [2.05, 4.69) is 10.4 Å². The van der Waals surface area contributed by atoms with Gasteiger partial charge in [0.25, 0.3) is 0 Å². The highest BCUT2D eigenvalue weighted by atomic mass is 19.2. The molecule has 0 bridgehead atoms. The average Bonchev–Trinajstić information content (AvgIpc) is 2.69. The van der Waals surface area contributed by atoms with Crippen molar-refractivity contribution in [2.24, 2.45) is 7.05 Å². The predicted octanol–water partition coefficient (Wildman–Crippen LogP) is 3.21. The van der Waals surface area contributed by atoms with Crippen LogP contribution in [-0.2, 0) is 13.5 Å². The van der Waals surface area contributed by atoms with Gasteiger partial charge in [0.05, 0.1) is 5.69 Å². The second kappa shape index (κ2) is 6.35. The highest BCUT2D eigenvalue weighted by molar-refractivity contribution is 5.26. The number of benzene rings is 1. The number of rotatable bonds is 5. The van der Waals surface area contributed by atoms with Crippen LogP contribution >= 0.6 is 0 Å². The van der Waals surface area contributed by atoms with Gasteiger partial charge in [0.1, 0.15) is 0 Å². The van der Waals surface area contributed by atoms with Crippen molar-refractivity contribution in [1.29, 1.82) is 0 Å². The fourth-order valence-corrected chi connectivity index (χ4v) is 2.67. The molecule has 21 heavy (non-hydrogen) atoms. The van der Waals surface area contributed by atoms with Crippen LogP contribution in [0.4, 0.5) is 8.78 Å². The Kier molecular flexibility index (Phi) is 4.73. The van der Waals surface area contributed by atoms with Gasteiger partial charge in [-0.15, -0.1) is 0 Å². The normalized spacial score (nSPS) is 12.7. The average molecular weight is 293 g/mol. The smallest absolute Gasteiger partial charge is 0.159 e. The zero-order valence-electron chi connectivity index (χ0n) is 12.9. The molecule has 2 rings (SSSR count). The van der Waals surface area contributed by atoms with E-state index in [-0.39, 0.29) is 6.04 Å². The molecule has 0 aliphatic rings. The summed E-state index contributed by atoms with van der Waals surface area (Å²) in [6.45, 7) is 4.04. The first-order valence-corrected chi connectivity index (χ1v) is 7.05. The molecular formula is C16H21F2N3. The third kappa shape index (κ3) is 3.29. The minimum Gasteiger partial charge on any atom is -0.313 e. The number of nitrogens with one attached hydrogen (secondary N) is 1. The van der Waals surface area contributed by atoms with E-state index in [1.165, 1.54) is 17.7 Å². The minimum atomic E-state index is -0.812. The summed E-state index contributed by atoms with van der Waals surface area (Å²) in [7, 11) is 3.76. The van der Waals surface area contributed by atoms with Crippen LogP contribution in [0.2, 0.25) is 0 Å². The number of halogens is 2. The van der Waals surface area contributed by atoms with Gasteiger partial charge >= 0.3 is 0 Å². The van der Waals surface area contributed by atoms with Crippen molar-refractivity contribution in [3.8, 4) is 0 Å². The van der Waals surface area contributed by atoms with Gasteiger partial charge in [-0.3, -0.25) is 4.68 Å². The Labute approximate surface area is 124 Å². The summed E-state index contributed by atoms with van der Waals surface area (Å²) in [6.07, 6.45) is 1.64. The van der Waals surface area contributed by atoms with Crippen LogP contribution in [0.3, 0.4) is 0 Å². The molecule has 0 saturated heterocycles. The summed E-state index contributed by atoms with van der Waals surface area (Å²) in [5, 5.41) is 7.56. The van der Waals surface area contributed by atoms with Crippen molar-refractivity contribution < 1.29 is 8.78 Å². The van der Waals surface area contributed by atoms with E-state index in [0.717, 1.165) is 29.8 Å². The number of hydrogen-bond donors (Lipinski definition) is 1. The van der Waals surface area contributed by atoms with Gasteiger partial charge in [-0.1, -0.05) is 6.07 Å². The van der Waals surface area contributed by atoms with Crippen molar-refractivity contribution in [2.45, 2.75) is 32.7 Å². The van der Waals surface area contributed by atoms with Gasteiger partial charge in [-0.25, -0.2) is 8.78 Å². The molecule has 1 unspecified atom stereocenters. The Bertz CT molecular complexity index is 635. The first kappa shape index (κ1) is 15.6. The molecule has 1 heterocycles. The van der Waals surface area contributed by atoms with Crippen LogP contribution in [-0.4, -0.2) is 16.8 Å². The number of aryl methyl sites for hydroxylation is 2. The summed E-state index contributed by atoms with van der Waals surface area (Å²) in [4.78, 5) is 0. The fourth-order valence-electron chi connectivity index (χ4n) is 2.67. The molecule has 0 spiro atoms. The second-order valence-electron chi connectivity index (χ2n) is 5.33. The van der Waals surface area contributed by atoms with E-state index in [4.69, 9.17) is 0 Å². The number of aromatic nitrogens is 2. The molecule has 1 N–H and O–H groups in total. The van der Waals surface area contributed by atoms with E-state index in [1.54, 1.807) is 6.07 Å². The summed E-state index contributed by atoms with van der Waals surface area (Å²) in [5.41, 5.74) is 4.15. The standard InChI is InChI=1S/C16H21F2N3/c1-10-13(11(2)21(4)20-10)6-8-16(19-3)12-5-7-14(17)15(18)9-12/h5,7,9,16,19H,6,8H2,1-4H3. The summed E-state index contributed by atoms with van der Waals surface area (Å²) in [5.74, 6) is -1.62. The predicted molar refractivity (Wildman–Crippen MR) is 79.2 cm³/mol. The van der Waals surface area contributed by atoms with Gasteiger partial charge in [-0.05, 0) is 57.0 Å². The molecule has 3 nitrogen and oxygen atoms in total. The Hall–Kier alpha value is -1.75. The minimum absolute atomic E-state index is 0.0147. The monoisotopic (exact) mass is 293 g/mol. The summed E-state index contributed by atoms with van der Waals surface area (Å²) >= 11 is 0. The quantitative estimate of drug-likeness (QED) is 0.917. The lowest BCUT2D eigenvalue weighted by molar-refractivity contribution is 0.496. The van der Waals surface area contributed by atoms with E-state index >= 15 is 0 Å². The SMILES string of the molecule is CNC(CCc1c(C)nn(C)c1C)c1ccc(F)c(F)c1. The molecule has 0 aliphatic carbocycles. The van der Waals surface area contributed by atoms with Gasteiger partial charge in [0.15, 0.2) is 11.6 Å². The van der Waals surface area contributed by atoms with Crippen LogP contribution in [0.15, 0.2) is 18.2 Å². The van der Waals surface area contributed by atoms with E-state index < -0.39 is 11.6 Å². The molecule has 0 aliphatic heterocycles. The molecule has 114 valence electrons. The molecule has 0 amide bonds. The molecule has 0 radical (unpaired) electrons. The molecule has 0 saturated carbocycles. The summed E-state index contributed by atoms with van der Waals surface area (Å²) < 4.78 is 28.2. The highest BCUT2D eigenvalue weighted by Gasteiger charge is 2.15. The Balaban J connectivity index is 2.14. The van der Waals surface area contributed by atoms with Crippen molar-refractivity contribution in [2.75, 3.05) is 7.05 Å². The Morgan fingerprint density at radius 2 is 1.95 bits per heavy atom. The summed E-state index contributed by atoms with van der Waals surface area (Å²) in [6, 6.07) is 4.05. The second-order valence-corrected chi connectivity index (χ2v) is 5.33. The number of nitrogens with zero attached hydrogens (tertiary/aromatic N) is 2. The van der Waals surface area contributed by atoms with Crippen LogP contribution in [0, 0.1) is 25.5 Å². The maximum atomic E-state index is 13.4. The first-order chi connectivity index (χ1) is 9.93. The van der Waals surface area contributed by atoms with Crippen LogP contribution < -0.4 is 5.32 Å². The lowest BCUT2D eigenvalue weighted by Crippen LogP contribution is -2.17. The third-order valence-corrected chi connectivity index (χ3v) is 4.04. The molecule has 1 atom stereocenters. The molecule has 1 aromatic heterocycles. The molecule has 1 aromatic carbocycles. The maximum absolute atomic E-state index is 13.4. The van der Waals surface area contributed by atoms with Crippen LogP contribution in [0.1, 0.15) is 35.0 Å². The third-order valence-electron chi connectivity index (χ3n) is 4.04. The number of hydrogen-bond acceptors (Lipinski definition) is 2. The zero-order valence-corrected chi connectivity index (χ0v) is 12.9. The van der Waals surface area contributed by atoms with Crippen molar-refractivity contribution in [3.05, 3.63) is 52.3 Å². The van der Waals surface area contributed by atoms with E-state index in [0.29, 0.717) is 0 Å². The van der Waals surface area contributed by atoms with Gasteiger partial charge in [0.2, 0.25) is 0 Å². The highest BCUT2D eigenvalue weighted by Crippen LogP contribution is 2.23. The molecule has 2 aromatic rings. The fraction of sp³-hybridized carbons (Fsp3) is 0.438. The van der Waals surface area contributed by atoms with Gasteiger partial charge in [0, 0.05) is 18.8 Å². The lowest BCUT2D eigenvalue weighted by Gasteiger charge is -2.17. The van der Waals surface area contributed by atoms with Gasteiger partial charge < -0.3 is 5.32 Å². The molecule has 0 fully saturated rings. The molecule has 5 heteroatoms.